The Kier molecular flexibility index (Phi) is 6.18. The molecule has 2 heterocycles. The summed E-state index contributed by atoms with van der Waals surface area (Å²) in [6.45, 7) is 4.47. The number of hydrogen-bond acceptors (Lipinski definition) is 6. The fourth-order valence-corrected chi connectivity index (χ4v) is 4.29. The normalized spacial score (nSPS) is 14.7. The predicted octanol–water partition coefficient (Wildman–Crippen LogP) is 5.05. The number of aliphatic imine (C=N–C) groups is 1. The van der Waals surface area contributed by atoms with Crippen LogP contribution in [0.4, 0.5) is 16.2 Å². The van der Waals surface area contributed by atoms with Crippen LogP contribution in [0.2, 0.25) is 0 Å². The van der Waals surface area contributed by atoms with Gasteiger partial charge in [0.2, 0.25) is 0 Å². The maximum atomic E-state index is 13.0. The van der Waals surface area contributed by atoms with Gasteiger partial charge in [-0.3, -0.25) is 0 Å². The fraction of sp³-hybridized carbons (Fsp3) is 0.259. The standard InChI is InChI=1S/C27H28N4O4/c1-18-8-10-22-25(16-18)35-23-7-5-4-6-20(23)26(28-22)30-12-14-31(15-13-30)27(32)29-21-11-9-19(33-2)17-24(21)34-3/h4-11,16-17H,12-15H2,1-3H3,(H,29,32). The highest BCUT2D eigenvalue weighted by atomic mass is 16.5. The first kappa shape index (κ1) is 22.6. The van der Waals surface area contributed by atoms with E-state index in [0.717, 1.165) is 34.1 Å². The number of hydrogen-bond donors (Lipinski definition) is 1. The second kappa shape index (κ2) is 9.58. The zero-order valence-electron chi connectivity index (χ0n) is 20.1. The Bertz CT molecular complexity index is 1280. The summed E-state index contributed by atoms with van der Waals surface area (Å²) in [5.41, 5.74) is 3.47. The monoisotopic (exact) mass is 472 g/mol. The lowest BCUT2D eigenvalue weighted by Crippen LogP contribution is -2.51. The SMILES string of the molecule is COc1ccc(NC(=O)N2CCN(C3=Nc4ccc(C)cc4Oc4ccccc43)CC2)c(OC)c1. The van der Waals surface area contributed by atoms with Crippen molar-refractivity contribution >= 4 is 23.2 Å². The van der Waals surface area contributed by atoms with Crippen molar-refractivity contribution < 1.29 is 19.0 Å². The Hall–Kier alpha value is -4.20. The predicted molar refractivity (Wildman–Crippen MR) is 136 cm³/mol. The first-order valence-electron chi connectivity index (χ1n) is 11.5. The van der Waals surface area contributed by atoms with Crippen molar-refractivity contribution in [3.63, 3.8) is 0 Å². The Morgan fingerprint density at radius 2 is 1.74 bits per heavy atom. The number of amides is 2. The molecule has 0 bridgehead atoms. The van der Waals surface area contributed by atoms with Crippen molar-refractivity contribution in [3.05, 3.63) is 71.8 Å². The van der Waals surface area contributed by atoms with E-state index in [9.17, 15) is 4.79 Å². The minimum absolute atomic E-state index is 0.166. The number of piperazine rings is 1. The number of nitrogens with zero attached hydrogens (tertiary/aromatic N) is 3. The number of urea groups is 1. The molecular weight excluding hydrogens is 444 g/mol. The number of ether oxygens (including phenoxy) is 3. The van der Waals surface area contributed by atoms with E-state index in [2.05, 4.69) is 10.2 Å². The third-order valence-electron chi connectivity index (χ3n) is 6.21. The fourth-order valence-electron chi connectivity index (χ4n) is 4.29. The smallest absolute Gasteiger partial charge is 0.322 e. The molecule has 8 heteroatoms. The van der Waals surface area contributed by atoms with Crippen LogP contribution in [0.15, 0.2) is 65.7 Å². The van der Waals surface area contributed by atoms with Crippen molar-refractivity contribution in [2.45, 2.75) is 6.92 Å². The molecule has 2 aliphatic heterocycles. The third kappa shape index (κ3) is 4.59. The van der Waals surface area contributed by atoms with E-state index in [1.54, 1.807) is 37.3 Å². The number of aryl methyl sites for hydroxylation is 1. The molecule has 0 aliphatic carbocycles. The van der Waals surface area contributed by atoms with Gasteiger partial charge < -0.3 is 29.3 Å². The number of para-hydroxylation sites is 1. The topological polar surface area (TPSA) is 75.6 Å². The van der Waals surface area contributed by atoms with Crippen LogP contribution >= 0.6 is 0 Å². The second-order valence-electron chi connectivity index (χ2n) is 8.48. The lowest BCUT2D eigenvalue weighted by Gasteiger charge is -2.36. The van der Waals surface area contributed by atoms with Crippen LogP contribution in [0.5, 0.6) is 23.0 Å². The number of anilines is 1. The average Bonchev–Trinajstić information content (AvgIpc) is 3.05. The van der Waals surface area contributed by atoms with E-state index >= 15 is 0 Å². The van der Waals surface area contributed by atoms with Gasteiger partial charge in [-0.25, -0.2) is 9.79 Å². The quantitative estimate of drug-likeness (QED) is 0.578. The summed E-state index contributed by atoms with van der Waals surface area (Å²) in [4.78, 5) is 22.0. The molecule has 180 valence electrons. The molecular formula is C27H28N4O4. The highest BCUT2D eigenvalue weighted by Gasteiger charge is 2.27. The van der Waals surface area contributed by atoms with E-state index < -0.39 is 0 Å². The van der Waals surface area contributed by atoms with Crippen LogP contribution < -0.4 is 19.5 Å². The van der Waals surface area contributed by atoms with E-state index in [4.69, 9.17) is 19.2 Å². The van der Waals surface area contributed by atoms with Crippen LogP contribution in [0, 0.1) is 6.92 Å². The van der Waals surface area contributed by atoms with Gasteiger partial charge in [-0.1, -0.05) is 18.2 Å². The van der Waals surface area contributed by atoms with E-state index in [1.807, 2.05) is 49.4 Å². The van der Waals surface area contributed by atoms with Crippen molar-refractivity contribution in [2.24, 2.45) is 4.99 Å². The highest BCUT2D eigenvalue weighted by Crippen LogP contribution is 2.38. The number of nitrogens with one attached hydrogen (secondary N) is 1. The lowest BCUT2D eigenvalue weighted by atomic mass is 10.1. The number of fused-ring (bicyclic) bond motifs is 2. The van der Waals surface area contributed by atoms with Crippen molar-refractivity contribution in [2.75, 3.05) is 45.7 Å². The second-order valence-corrected chi connectivity index (χ2v) is 8.48. The third-order valence-corrected chi connectivity index (χ3v) is 6.21. The maximum absolute atomic E-state index is 13.0. The van der Waals surface area contributed by atoms with Gasteiger partial charge in [0.1, 0.15) is 28.8 Å². The van der Waals surface area contributed by atoms with Crippen molar-refractivity contribution in [3.8, 4) is 23.0 Å². The van der Waals surface area contributed by atoms with Crippen LogP contribution in [-0.4, -0.2) is 62.1 Å². The summed E-state index contributed by atoms with van der Waals surface area (Å²) in [5.74, 6) is 3.61. The Morgan fingerprint density at radius 1 is 0.943 bits per heavy atom. The summed E-state index contributed by atoms with van der Waals surface area (Å²) in [5, 5.41) is 2.96. The lowest BCUT2D eigenvalue weighted by molar-refractivity contribution is 0.181. The summed E-state index contributed by atoms with van der Waals surface area (Å²) in [6, 6.07) is 19.1. The summed E-state index contributed by atoms with van der Waals surface area (Å²) in [7, 11) is 3.16. The van der Waals surface area contributed by atoms with Gasteiger partial charge in [-0.15, -0.1) is 0 Å². The minimum atomic E-state index is -0.166. The molecule has 1 fully saturated rings. The molecule has 3 aromatic rings. The van der Waals surface area contributed by atoms with Gasteiger partial charge in [-0.2, -0.15) is 0 Å². The maximum Gasteiger partial charge on any atom is 0.322 e. The molecule has 0 spiro atoms. The number of methoxy groups -OCH3 is 2. The van der Waals surface area contributed by atoms with Crippen LogP contribution in [0.25, 0.3) is 0 Å². The molecule has 2 amide bonds. The molecule has 0 aromatic heterocycles. The molecule has 0 unspecified atom stereocenters. The molecule has 0 radical (unpaired) electrons. The molecule has 1 N–H and O–H groups in total. The van der Waals surface area contributed by atoms with Crippen LogP contribution in [-0.2, 0) is 0 Å². The van der Waals surface area contributed by atoms with Crippen molar-refractivity contribution in [1.82, 2.24) is 9.80 Å². The highest BCUT2D eigenvalue weighted by molar-refractivity contribution is 6.04. The molecule has 0 atom stereocenters. The van der Waals surface area contributed by atoms with Gasteiger partial charge in [0.15, 0.2) is 5.75 Å². The van der Waals surface area contributed by atoms with Gasteiger partial charge in [0.25, 0.3) is 0 Å². The van der Waals surface area contributed by atoms with Gasteiger partial charge >= 0.3 is 6.03 Å². The Morgan fingerprint density at radius 3 is 2.51 bits per heavy atom. The number of amidine groups is 1. The Balaban J connectivity index is 1.33. The summed E-state index contributed by atoms with van der Waals surface area (Å²) >= 11 is 0. The van der Waals surface area contributed by atoms with Crippen LogP contribution in [0.3, 0.4) is 0 Å². The summed E-state index contributed by atoms with van der Waals surface area (Å²) in [6.07, 6.45) is 0. The zero-order valence-corrected chi connectivity index (χ0v) is 20.1. The molecule has 1 saturated heterocycles. The van der Waals surface area contributed by atoms with E-state index in [0.29, 0.717) is 43.4 Å². The average molecular weight is 473 g/mol. The largest absolute Gasteiger partial charge is 0.497 e. The number of carbonyl (C=O) groups is 1. The van der Waals surface area contributed by atoms with Gasteiger partial charge in [0, 0.05) is 32.2 Å². The first-order chi connectivity index (χ1) is 17.1. The van der Waals surface area contributed by atoms with E-state index in [1.165, 1.54) is 0 Å². The number of benzene rings is 3. The molecule has 3 aromatic carbocycles. The Labute approximate surface area is 204 Å². The van der Waals surface area contributed by atoms with Gasteiger partial charge in [-0.05, 0) is 48.9 Å². The first-order valence-corrected chi connectivity index (χ1v) is 11.5. The number of rotatable bonds is 3. The summed E-state index contributed by atoms with van der Waals surface area (Å²) < 4.78 is 16.9. The van der Waals surface area contributed by atoms with Crippen molar-refractivity contribution in [1.29, 1.82) is 0 Å². The molecule has 5 rings (SSSR count). The molecule has 2 aliphatic rings. The van der Waals surface area contributed by atoms with E-state index in [-0.39, 0.29) is 6.03 Å². The molecule has 0 saturated carbocycles. The molecule has 35 heavy (non-hydrogen) atoms. The number of carbonyl (C=O) groups excluding carboxylic acids is 1. The van der Waals surface area contributed by atoms with Crippen LogP contribution in [0.1, 0.15) is 11.1 Å². The molecule has 8 nitrogen and oxygen atoms in total. The zero-order chi connectivity index (χ0) is 24.4. The van der Waals surface area contributed by atoms with Gasteiger partial charge in [0.05, 0.1) is 25.5 Å². The minimum Gasteiger partial charge on any atom is -0.497 e.